The molecule has 1 aliphatic carbocycles. The van der Waals surface area contributed by atoms with E-state index in [0.29, 0.717) is 6.04 Å². The molecule has 2 heteroatoms. The maximum atomic E-state index is 5.68. The molecule has 0 aromatic rings. The maximum Gasteiger partial charge on any atom is 0.0622 e. The highest BCUT2D eigenvalue weighted by molar-refractivity contribution is 4.86. The van der Waals surface area contributed by atoms with E-state index in [-0.39, 0.29) is 0 Å². The summed E-state index contributed by atoms with van der Waals surface area (Å²) in [5, 5.41) is 3.62. The van der Waals surface area contributed by atoms with Crippen LogP contribution in [-0.4, -0.2) is 25.8 Å². The highest BCUT2D eigenvalue weighted by Crippen LogP contribution is 2.38. The second-order valence-corrected chi connectivity index (χ2v) is 4.83. The molecule has 1 saturated carbocycles. The summed E-state index contributed by atoms with van der Waals surface area (Å²) < 4.78 is 5.68. The Kier molecular flexibility index (Phi) is 6.26. The monoisotopic (exact) mass is 213 g/mol. The Balaban J connectivity index is 2.23. The van der Waals surface area contributed by atoms with Gasteiger partial charge in [-0.2, -0.15) is 0 Å². The minimum Gasteiger partial charge on any atom is -0.380 e. The van der Waals surface area contributed by atoms with Crippen molar-refractivity contribution in [3.8, 4) is 0 Å². The topological polar surface area (TPSA) is 21.3 Å². The molecule has 0 radical (unpaired) electrons. The van der Waals surface area contributed by atoms with E-state index >= 15 is 0 Å². The van der Waals surface area contributed by atoms with Gasteiger partial charge in [-0.25, -0.2) is 0 Å². The normalized spacial score (nSPS) is 20.2. The van der Waals surface area contributed by atoms with Crippen LogP contribution in [-0.2, 0) is 4.74 Å². The van der Waals surface area contributed by atoms with E-state index in [4.69, 9.17) is 4.74 Å². The van der Waals surface area contributed by atoms with Crippen molar-refractivity contribution in [1.29, 1.82) is 0 Å². The third kappa shape index (κ3) is 4.98. The molecule has 1 aliphatic rings. The number of nitrogens with one attached hydrogen (secondary N) is 1. The van der Waals surface area contributed by atoms with Crippen molar-refractivity contribution in [3.05, 3.63) is 0 Å². The van der Waals surface area contributed by atoms with Crippen LogP contribution < -0.4 is 5.32 Å². The fourth-order valence-electron chi connectivity index (χ4n) is 2.03. The molecule has 0 bridgehead atoms. The lowest BCUT2D eigenvalue weighted by Crippen LogP contribution is -2.40. The summed E-state index contributed by atoms with van der Waals surface area (Å²) in [6.45, 7) is 9.68. The first-order chi connectivity index (χ1) is 7.29. The lowest BCUT2D eigenvalue weighted by atomic mass is 9.97. The first kappa shape index (κ1) is 13.0. The Hall–Kier alpha value is -0.0800. The summed E-state index contributed by atoms with van der Waals surface area (Å²) in [6.07, 6.45) is 5.19. The molecular formula is C13H27NO. The van der Waals surface area contributed by atoms with Gasteiger partial charge in [0.2, 0.25) is 0 Å². The van der Waals surface area contributed by atoms with Gasteiger partial charge in [-0.05, 0) is 44.1 Å². The first-order valence-electron chi connectivity index (χ1n) is 6.60. The van der Waals surface area contributed by atoms with Crippen LogP contribution in [0.2, 0.25) is 0 Å². The predicted molar refractivity (Wildman–Crippen MR) is 65.1 cm³/mol. The zero-order chi connectivity index (χ0) is 11.1. The third-order valence-corrected chi connectivity index (χ3v) is 3.30. The largest absolute Gasteiger partial charge is 0.380 e. The molecule has 0 aromatic heterocycles. The molecule has 0 amide bonds. The van der Waals surface area contributed by atoms with Crippen LogP contribution in [0.3, 0.4) is 0 Å². The van der Waals surface area contributed by atoms with Gasteiger partial charge in [0.15, 0.2) is 0 Å². The van der Waals surface area contributed by atoms with Crippen molar-refractivity contribution < 1.29 is 4.74 Å². The van der Waals surface area contributed by atoms with E-state index in [1.165, 1.54) is 19.3 Å². The standard InChI is InChI=1S/C13H27NO/c1-4-8-14-13(10-15-9-5-2)11(3)12-6-7-12/h11-14H,4-10H2,1-3H3. The zero-order valence-corrected chi connectivity index (χ0v) is 10.6. The van der Waals surface area contributed by atoms with Gasteiger partial charge >= 0.3 is 0 Å². The average Bonchev–Trinajstić information content (AvgIpc) is 3.06. The van der Waals surface area contributed by atoms with Crippen molar-refractivity contribution in [2.24, 2.45) is 11.8 Å². The summed E-state index contributed by atoms with van der Waals surface area (Å²) in [7, 11) is 0. The van der Waals surface area contributed by atoms with Crippen LogP contribution in [0.15, 0.2) is 0 Å². The predicted octanol–water partition coefficient (Wildman–Crippen LogP) is 2.83. The summed E-state index contributed by atoms with van der Waals surface area (Å²) in [6, 6.07) is 0.573. The van der Waals surface area contributed by atoms with Gasteiger partial charge < -0.3 is 10.1 Å². The van der Waals surface area contributed by atoms with Gasteiger partial charge in [-0.3, -0.25) is 0 Å². The molecule has 1 N–H and O–H groups in total. The number of rotatable bonds is 9. The fourth-order valence-corrected chi connectivity index (χ4v) is 2.03. The third-order valence-electron chi connectivity index (χ3n) is 3.30. The second kappa shape index (κ2) is 7.24. The van der Waals surface area contributed by atoms with Crippen LogP contribution in [0.5, 0.6) is 0 Å². The van der Waals surface area contributed by atoms with Gasteiger partial charge in [-0.15, -0.1) is 0 Å². The van der Waals surface area contributed by atoms with Gasteiger partial charge in [0, 0.05) is 12.6 Å². The van der Waals surface area contributed by atoms with Gasteiger partial charge in [0.1, 0.15) is 0 Å². The SMILES string of the molecule is CCCNC(COCCC)C(C)C1CC1. The molecule has 0 spiro atoms. The molecule has 2 unspecified atom stereocenters. The van der Waals surface area contributed by atoms with E-state index in [1.54, 1.807) is 0 Å². The second-order valence-electron chi connectivity index (χ2n) is 4.83. The van der Waals surface area contributed by atoms with Crippen LogP contribution in [0.25, 0.3) is 0 Å². The molecule has 1 rings (SSSR count). The summed E-state index contributed by atoms with van der Waals surface area (Å²) in [4.78, 5) is 0. The van der Waals surface area contributed by atoms with Crippen molar-refractivity contribution >= 4 is 0 Å². The van der Waals surface area contributed by atoms with Crippen molar-refractivity contribution in [2.75, 3.05) is 19.8 Å². The maximum absolute atomic E-state index is 5.68. The van der Waals surface area contributed by atoms with Crippen LogP contribution in [0.1, 0.15) is 46.5 Å². The van der Waals surface area contributed by atoms with E-state index in [1.807, 2.05) is 0 Å². The van der Waals surface area contributed by atoms with Crippen LogP contribution >= 0.6 is 0 Å². The Labute approximate surface area is 94.8 Å². The van der Waals surface area contributed by atoms with E-state index in [9.17, 15) is 0 Å². The highest BCUT2D eigenvalue weighted by atomic mass is 16.5. The van der Waals surface area contributed by atoms with Crippen molar-refractivity contribution in [3.63, 3.8) is 0 Å². The molecule has 15 heavy (non-hydrogen) atoms. The molecule has 2 atom stereocenters. The number of ether oxygens (including phenoxy) is 1. The quantitative estimate of drug-likeness (QED) is 0.595. The minimum absolute atomic E-state index is 0.573. The Morgan fingerprint density at radius 3 is 2.53 bits per heavy atom. The van der Waals surface area contributed by atoms with E-state index in [0.717, 1.165) is 38.0 Å². The van der Waals surface area contributed by atoms with Gasteiger partial charge in [0.25, 0.3) is 0 Å². The summed E-state index contributed by atoms with van der Waals surface area (Å²) in [5.41, 5.74) is 0. The molecule has 0 heterocycles. The van der Waals surface area contributed by atoms with Crippen molar-refractivity contribution in [2.45, 2.75) is 52.5 Å². The van der Waals surface area contributed by atoms with Crippen molar-refractivity contribution in [1.82, 2.24) is 5.32 Å². The van der Waals surface area contributed by atoms with E-state index < -0.39 is 0 Å². The molecule has 0 aliphatic heterocycles. The number of hydrogen-bond donors (Lipinski definition) is 1. The molecule has 1 fully saturated rings. The van der Waals surface area contributed by atoms with Gasteiger partial charge in [-0.1, -0.05) is 20.8 Å². The molecule has 0 saturated heterocycles. The molecule has 90 valence electrons. The van der Waals surface area contributed by atoms with Crippen LogP contribution in [0.4, 0.5) is 0 Å². The van der Waals surface area contributed by atoms with Gasteiger partial charge in [0.05, 0.1) is 6.61 Å². The summed E-state index contributed by atoms with van der Waals surface area (Å²) in [5.74, 6) is 1.75. The Morgan fingerprint density at radius 1 is 1.27 bits per heavy atom. The first-order valence-corrected chi connectivity index (χ1v) is 6.60. The lowest BCUT2D eigenvalue weighted by Gasteiger charge is -2.25. The minimum atomic E-state index is 0.573. The average molecular weight is 213 g/mol. The smallest absolute Gasteiger partial charge is 0.0622 e. The molecule has 0 aromatic carbocycles. The molecular weight excluding hydrogens is 186 g/mol. The molecule has 2 nitrogen and oxygen atoms in total. The van der Waals surface area contributed by atoms with E-state index in [2.05, 4.69) is 26.1 Å². The van der Waals surface area contributed by atoms with Crippen LogP contribution in [0, 0.1) is 11.8 Å². The lowest BCUT2D eigenvalue weighted by molar-refractivity contribution is 0.0921. The fraction of sp³-hybridized carbons (Fsp3) is 1.00. The zero-order valence-electron chi connectivity index (χ0n) is 10.6. The number of hydrogen-bond acceptors (Lipinski definition) is 2. The Morgan fingerprint density at radius 2 is 2.00 bits per heavy atom. The Bertz CT molecular complexity index is 157. The summed E-state index contributed by atoms with van der Waals surface area (Å²) >= 11 is 0. The highest BCUT2D eigenvalue weighted by Gasteiger charge is 2.32.